The fraction of sp³-hybridized carbons (Fsp3) is 0.333. The maximum absolute atomic E-state index is 11.7. The van der Waals surface area contributed by atoms with Crippen molar-refractivity contribution in [2.75, 3.05) is 10.6 Å². The number of H-pyrrole nitrogens is 1. The Bertz CT molecular complexity index is 589. The Kier molecular flexibility index (Phi) is 4.40. The number of rotatable bonds is 5. The molecule has 0 aliphatic heterocycles. The van der Waals surface area contributed by atoms with Gasteiger partial charge in [0.15, 0.2) is 0 Å². The quantitative estimate of drug-likeness (QED) is 0.783. The Balaban J connectivity index is 1.99. The summed E-state index contributed by atoms with van der Waals surface area (Å²) >= 11 is 0. The fourth-order valence-corrected chi connectivity index (χ4v) is 1.74. The summed E-state index contributed by atoms with van der Waals surface area (Å²) in [4.78, 5) is 19.0. The van der Waals surface area contributed by atoms with E-state index in [0.717, 1.165) is 22.8 Å². The van der Waals surface area contributed by atoms with Crippen LogP contribution in [0.2, 0.25) is 0 Å². The van der Waals surface area contributed by atoms with Crippen molar-refractivity contribution in [1.29, 1.82) is 0 Å². The molecule has 0 bridgehead atoms. The van der Waals surface area contributed by atoms with Crippen LogP contribution in [0, 0.1) is 12.8 Å². The molecule has 0 saturated heterocycles. The molecule has 1 aromatic carbocycles. The van der Waals surface area contributed by atoms with Gasteiger partial charge in [0.25, 0.3) is 0 Å². The highest BCUT2D eigenvalue weighted by molar-refractivity contribution is 5.92. The summed E-state index contributed by atoms with van der Waals surface area (Å²) in [7, 11) is 0. The van der Waals surface area contributed by atoms with Gasteiger partial charge in [-0.15, -0.1) is 0 Å². The molecule has 0 radical (unpaired) electrons. The van der Waals surface area contributed by atoms with Crippen molar-refractivity contribution in [3.8, 4) is 0 Å². The maximum Gasteiger partial charge on any atom is 0.226 e. The van der Waals surface area contributed by atoms with Gasteiger partial charge < -0.3 is 15.6 Å². The summed E-state index contributed by atoms with van der Waals surface area (Å²) in [5, 5.41) is 6.18. The fourth-order valence-electron chi connectivity index (χ4n) is 1.74. The van der Waals surface area contributed by atoms with Gasteiger partial charge >= 0.3 is 0 Å². The summed E-state index contributed by atoms with van der Waals surface area (Å²) in [5.41, 5.74) is 3.80. The Labute approximate surface area is 118 Å². The number of aryl methyl sites for hydroxylation is 1. The van der Waals surface area contributed by atoms with Crippen LogP contribution in [-0.2, 0) is 11.3 Å². The maximum atomic E-state index is 11.7. The van der Waals surface area contributed by atoms with Crippen LogP contribution in [-0.4, -0.2) is 15.9 Å². The van der Waals surface area contributed by atoms with Crippen molar-refractivity contribution in [3.05, 3.63) is 42.0 Å². The predicted octanol–water partition coefficient (Wildman–Crippen LogP) is 2.92. The predicted molar refractivity (Wildman–Crippen MR) is 80.6 cm³/mol. The number of hydrogen-bond donors (Lipinski definition) is 3. The molecule has 0 spiro atoms. The molecule has 0 fully saturated rings. The summed E-state index contributed by atoms with van der Waals surface area (Å²) < 4.78 is 0. The number of carbonyl (C=O) groups excluding carboxylic acids is 1. The van der Waals surface area contributed by atoms with Crippen LogP contribution in [0.25, 0.3) is 0 Å². The first-order valence-corrected chi connectivity index (χ1v) is 6.70. The van der Waals surface area contributed by atoms with Crippen LogP contribution in [0.3, 0.4) is 0 Å². The Hall–Kier alpha value is -2.30. The van der Waals surface area contributed by atoms with E-state index in [1.54, 1.807) is 6.33 Å². The van der Waals surface area contributed by atoms with E-state index in [9.17, 15) is 4.79 Å². The molecule has 1 amide bonds. The van der Waals surface area contributed by atoms with Crippen molar-refractivity contribution in [3.63, 3.8) is 0 Å². The van der Waals surface area contributed by atoms with Crippen molar-refractivity contribution < 1.29 is 4.79 Å². The molecular weight excluding hydrogens is 252 g/mol. The van der Waals surface area contributed by atoms with E-state index < -0.39 is 0 Å². The third-order valence-corrected chi connectivity index (χ3v) is 3.05. The second-order valence-electron chi connectivity index (χ2n) is 5.05. The van der Waals surface area contributed by atoms with Gasteiger partial charge in [0.05, 0.1) is 18.6 Å². The minimum Gasteiger partial charge on any atom is -0.379 e. The molecule has 5 heteroatoms. The minimum atomic E-state index is -0.0293. The van der Waals surface area contributed by atoms with Crippen molar-refractivity contribution in [2.45, 2.75) is 27.3 Å². The Morgan fingerprint density at radius 1 is 1.35 bits per heavy atom. The zero-order chi connectivity index (χ0) is 14.5. The zero-order valence-electron chi connectivity index (χ0n) is 12.0. The SMILES string of the molecule is Cc1[nH]cnc1CNc1cccc(NC(=O)C(C)C)c1. The smallest absolute Gasteiger partial charge is 0.226 e. The lowest BCUT2D eigenvalue weighted by molar-refractivity contribution is -0.118. The van der Waals surface area contributed by atoms with E-state index in [-0.39, 0.29) is 11.8 Å². The van der Waals surface area contributed by atoms with Crippen molar-refractivity contribution in [1.82, 2.24) is 9.97 Å². The van der Waals surface area contributed by atoms with E-state index in [1.807, 2.05) is 45.0 Å². The summed E-state index contributed by atoms with van der Waals surface area (Å²) in [5.74, 6) is -0.0105. The number of nitrogens with zero attached hydrogens (tertiary/aromatic N) is 1. The lowest BCUT2D eigenvalue weighted by atomic mass is 10.2. The Morgan fingerprint density at radius 2 is 2.10 bits per heavy atom. The summed E-state index contributed by atoms with van der Waals surface area (Å²) in [6.45, 7) is 6.38. The van der Waals surface area contributed by atoms with Gasteiger partial charge in [-0.05, 0) is 25.1 Å². The molecule has 1 heterocycles. The van der Waals surface area contributed by atoms with Crippen LogP contribution in [0.4, 0.5) is 11.4 Å². The second-order valence-corrected chi connectivity index (χ2v) is 5.05. The molecule has 106 valence electrons. The Morgan fingerprint density at radius 3 is 2.75 bits per heavy atom. The average Bonchev–Trinajstić information content (AvgIpc) is 2.82. The van der Waals surface area contributed by atoms with Crippen molar-refractivity contribution in [2.24, 2.45) is 5.92 Å². The largest absolute Gasteiger partial charge is 0.379 e. The first-order chi connectivity index (χ1) is 9.56. The first kappa shape index (κ1) is 14.1. The van der Waals surface area contributed by atoms with E-state index in [0.29, 0.717) is 6.54 Å². The first-order valence-electron chi connectivity index (χ1n) is 6.70. The monoisotopic (exact) mass is 272 g/mol. The second kappa shape index (κ2) is 6.23. The minimum absolute atomic E-state index is 0.0188. The van der Waals surface area contributed by atoms with Crippen LogP contribution in [0.1, 0.15) is 25.2 Å². The zero-order valence-corrected chi connectivity index (χ0v) is 12.0. The van der Waals surface area contributed by atoms with Gasteiger partial charge in [0.1, 0.15) is 0 Å². The molecule has 1 aromatic heterocycles. The van der Waals surface area contributed by atoms with Crippen LogP contribution < -0.4 is 10.6 Å². The van der Waals surface area contributed by atoms with E-state index in [1.165, 1.54) is 0 Å². The van der Waals surface area contributed by atoms with Crippen LogP contribution in [0.15, 0.2) is 30.6 Å². The normalized spacial score (nSPS) is 10.6. The van der Waals surface area contributed by atoms with Gasteiger partial charge in [0.2, 0.25) is 5.91 Å². The lowest BCUT2D eigenvalue weighted by Gasteiger charge is -2.10. The standard InChI is InChI=1S/C15H20N4O/c1-10(2)15(20)19-13-6-4-5-12(7-13)16-8-14-11(3)17-9-18-14/h4-7,9-10,16H,8H2,1-3H3,(H,17,18)(H,19,20). The molecule has 2 rings (SSSR count). The highest BCUT2D eigenvalue weighted by atomic mass is 16.1. The number of aromatic nitrogens is 2. The highest BCUT2D eigenvalue weighted by Gasteiger charge is 2.07. The third-order valence-electron chi connectivity index (χ3n) is 3.05. The lowest BCUT2D eigenvalue weighted by Crippen LogP contribution is -2.17. The van der Waals surface area contributed by atoms with Gasteiger partial charge in [-0.3, -0.25) is 4.79 Å². The van der Waals surface area contributed by atoms with E-state index in [4.69, 9.17) is 0 Å². The van der Waals surface area contributed by atoms with Crippen molar-refractivity contribution >= 4 is 17.3 Å². The molecule has 0 atom stereocenters. The number of anilines is 2. The molecule has 3 N–H and O–H groups in total. The van der Waals surface area contributed by atoms with Crippen LogP contribution >= 0.6 is 0 Å². The number of benzene rings is 1. The van der Waals surface area contributed by atoms with Gasteiger partial charge in [-0.1, -0.05) is 19.9 Å². The number of aromatic amines is 1. The third kappa shape index (κ3) is 3.60. The molecule has 0 aliphatic carbocycles. The van der Waals surface area contributed by atoms with E-state index in [2.05, 4.69) is 20.6 Å². The molecule has 0 unspecified atom stereocenters. The number of hydrogen-bond acceptors (Lipinski definition) is 3. The topological polar surface area (TPSA) is 69.8 Å². The summed E-state index contributed by atoms with van der Waals surface area (Å²) in [6, 6.07) is 7.68. The molecule has 20 heavy (non-hydrogen) atoms. The number of imidazole rings is 1. The summed E-state index contributed by atoms with van der Waals surface area (Å²) in [6.07, 6.45) is 1.69. The molecule has 2 aromatic rings. The number of amides is 1. The molecular formula is C15H20N4O. The van der Waals surface area contributed by atoms with Gasteiger partial charge in [-0.2, -0.15) is 0 Å². The molecule has 0 aliphatic rings. The van der Waals surface area contributed by atoms with E-state index >= 15 is 0 Å². The highest BCUT2D eigenvalue weighted by Crippen LogP contribution is 2.17. The molecule has 5 nitrogen and oxygen atoms in total. The molecule has 0 saturated carbocycles. The van der Waals surface area contributed by atoms with Gasteiger partial charge in [-0.25, -0.2) is 4.98 Å². The number of nitrogens with one attached hydrogen (secondary N) is 3. The number of carbonyl (C=O) groups is 1. The average molecular weight is 272 g/mol. The van der Waals surface area contributed by atoms with Gasteiger partial charge in [0, 0.05) is 23.0 Å². The van der Waals surface area contributed by atoms with Crippen LogP contribution in [0.5, 0.6) is 0 Å².